The lowest BCUT2D eigenvalue weighted by Crippen LogP contribution is -2.54. The molecule has 200 valence electrons. The summed E-state index contributed by atoms with van der Waals surface area (Å²) >= 11 is 0. The van der Waals surface area contributed by atoms with Crippen LogP contribution in [0.1, 0.15) is 46.9 Å². The number of rotatable bonds is 8. The van der Waals surface area contributed by atoms with Crippen molar-refractivity contribution >= 4 is 5.91 Å². The molecule has 1 N–H and O–H groups in total. The summed E-state index contributed by atoms with van der Waals surface area (Å²) in [4.78, 5) is 21.0. The summed E-state index contributed by atoms with van der Waals surface area (Å²) in [5, 5.41) is 3.48. The smallest absolute Gasteiger partial charge is 0.275 e. The Hall–Kier alpha value is -3.74. The Kier molecular flexibility index (Phi) is 7.84. The zero-order chi connectivity index (χ0) is 26.4. The van der Waals surface area contributed by atoms with Gasteiger partial charge in [-0.1, -0.05) is 91.0 Å². The highest BCUT2D eigenvalue weighted by molar-refractivity contribution is 5.98. The maximum Gasteiger partial charge on any atom is 0.275 e. The molecule has 6 rings (SSSR count). The molecule has 1 aromatic heterocycles. The second kappa shape index (κ2) is 12.0. The Bertz CT molecular complexity index is 1360. The molecule has 1 aliphatic heterocycles. The Morgan fingerprint density at radius 2 is 1.59 bits per heavy atom. The minimum Gasteiger partial charge on any atom is -0.371 e. The Morgan fingerprint density at radius 1 is 0.897 bits per heavy atom. The van der Waals surface area contributed by atoms with E-state index in [0.717, 1.165) is 50.0 Å². The second-order valence-corrected chi connectivity index (χ2v) is 10.6. The maximum atomic E-state index is 14.2. The monoisotopic (exact) mass is 520 g/mol. The summed E-state index contributed by atoms with van der Waals surface area (Å²) in [5.74, 6) is 0.00906. The molecule has 4 aromatic rings. The molecule has 6 nitrogen and oxygen atoms in total. The van der Waals surface area contributed by atoms with E-state index in [4.69, 9.17) is 9.72 Å². The molecule has 0 bridgehead atoms. The van der Waals surface area contributed by atoms with Crippen molar-refractivity contribution in [1.82, 2.24) is 19.8 Å². The van der Waals surface area contributed by atoms with Gasteiger partial charge in [0.15, 0.2) is 5.69 Å². The van der Waals surface area contributed by atoms with Gasteiger partial charge >= 0.3 is 0 Å². The van der Waals surface area contributed by atoms with Crippen LogP contribution in [-0.2, 0) is 17.8 Å². The van der Waals surface area contributed by atoms with E-state index in [2.05, 4.69) is 58.4 Å². The van der Waals surface area contributed by atoms with Gasteiger partial charge in [-0.15, -0.1) is 0 Å². The first-order valence-electron chi connectivity index (χ1n) is 14.1. The second-order valence-electron chi connectivity index (χ2n) is 10.6. The van der Waals surface area contributed by atoms with Crippen LogP contribution in [0.3, 0.4) is 0 Å². The van der Waals surface area contributed by atoms with E-state index in [1.807, 2.05) is 53.7 Å². The number of nitrogens with one attached hydrogen (secondary N) is 1. The number of aromatic nitrogens is 2. The van der Waals surface area contributed by atoms with Crippen molar-refractivity contribution < 1.29 is 9.53 Å². The van der Waals surface area contributed by atoms with Gasteiger partial charge in [0.05, 0.1) is 30.8 Å². The summed E-state index contributed by atoms with van der Waals surface area (Å²) in [6.45, 7) is 2.82. The first-order valence-corrected chi connectivity index (χ1v) is 14.1. The molecule has 6 heteroatoms. The molecular weight excluding hydrogens is 484 g/mol. The number of ether oxygens (including phenoxy) is 1. The van der Waals surface area contributed by atoms with Crippen LogP contribution in [0.15, 0.2) is 97.3 Å². The number of hydrogen-bond acceptors (Lipinski definition) is 4. The van der Waals surface area contributed by atoms with E-state index in [1.54, 1.807) is 0 Å². The van der Waals surface area contributed by atoms with Crippen LogP contribution in [0.25, 0.3) is 11.3 Å². The van der Waals surface area contributed by atoms with E-state index in [0.29, 0.717) is 18.8 Å². The lowest BCUT2D eigenvalue weighted by atomic mass is 10.0. The highest BCUT2D eigenvalue weighted by atomic mass is 16.5. The van der Waals surface area contributed by atoms with Crippen LogP contribution in [-0.4, -0.2) is 52.1 Å². The largest absolute Gasteiger partial charge is 0.371 e. The molecular formula is C33H36N4O2. The van der Waals surface area contributed by atoms with E-state index in [1.165, 1.54) is 11.1 Å². The SMILES string of the molecule is O=C(c1ncn([C@@H]2CCC[C@H]2OCc2ccccc2)c1-c1ccccc1)N1CCNC[C@H]1Cc1ccccc1. The van der Waals surface area contributed by atoms with Gasteiger partial charge in [-0.05, 0) is 36.8 Å². The molecule has 0 spiro atoms. The van der Waals surface area contributed by atoms with Crippen molar-refractivity contribution in [2.75, 3.05) is 19.6 Å². The van der Waals surface area contributed by atoms with Gasteiger partial charge in [-0.3, -0.25) is 4.79 Å². The third-order valence-electron chi connectivity index (χ3n) is 8.05. The van der Waals surface area contributed by atoms with Gasteiger partial charge in [0.1, 0.15) is 0 Å². The topological polar surface area (TPSA) is 59.4 Å². The number of imidazole rings is 1. The lowest BCUT2D eigenvalue weighted by molar-refractivity contribution is 0.0198. The number of carbonyl (C=O) groups is 1. The van der Waals surface area contributed by atoms with Crippen LogP contribution in [0, 0.1) is 0 Å². The summed E-state index contributed by atoms with van der Waals surface area (Å²) in [6.07, 6.45) is 5.88. The zero-order valence-electron chi connectivity index (χ0n) is 22.3. The first kappa shape index (κ1) is 25.5. The van der Waals surface area contributed by atoms with Crippen molar-refractivity contribution in [3.63, 3.8) is 0 Å². The van der Waals surface area contributed by atoms with Gasteiger partial charge in [-0.2, -0.15) is 0 Å². The highest BCUT2D eigenvalue weighted by Gasteiger charge is 2.35. The average Bonchev–Trinajstić information content (AvgIpc) is 3.65. The number of nitrogens with zero attached hydrogens (tertiary/aromatic N) is 3. The fourth-order valence-electron chi connectivity index (χ4n) is 6.08. The van der Waals surface area contributed by atoms with Gasteiger partial charge in [0.2, 0.25) is 0 Å². The molecule has 2 heterocycles. The predicted octanol–water partition coefficient (Wildman–Crippen LogP) is 5.52. The minimum atomic E-state index is 0.00906. The number of piperazine rings is 1. The van der Waals surface area contributed by atoms with Gasteiger partial charge < -0.3 is 19.5 Å². The predicted molar refractivity (Wildman–Crippen MR) is 153 cm³/mol. The minimum absolute atomic E-state index is 0.00906. The molecule has 0 radical (unpaired) electrons. The van der Waals surface area contributed by atoms with E-state index in [-0.39, 0.29) is 24.1 Å². The van der Waals surface area contributed by atoms with Crippen LogP contribution >= 0.6 is 0 Å². The fourth-order valence-corrected chi connectivity index (χ4v) is 6.08. The normalized spacial score (nSPS) is 21.2. The van der Waals surface area contributed by atoms with Gasteiger partial charge in [0.25, 0.3) is 5.91 Å². The quantitative estimate of drug-likeness (QED) is 0.333. The summed E-state index contributed by atoms with van der Waals surface area (Å²) in [7, 11) is 0. The summed E-state index contributed by atoms with van der Waals surface area (Å²) in [5.41, 5.74) is 4.87. The van der Waals surface area contributed by atoms with Crippen molar-refractivity contribution in [1.29, 1.82) is 0 Å². The van der Waals surface area contributed by atoms with Crippen molar-refractivity contribution in [3.8, 4) is 11.3 Å². The Balaban J connectivity index is 1.30. The first-order chi connectivity index (χ1) is 19.3. The molecule has 3 aromatic carbocycles. The average molecular weight is 521 g/mol. The lowest BCUT2D eigenvalue weighted by Gasteiger charge is -2.36. The molecule has 2 aliphatic rings. The number of carbonyl (C=O) groups excluding carboxylic acids is 1. The van der Waals surface area contributed by atoms with Crippen LogP contribution in [0.4, 0.5) is 0 Å². The third kappa shape index (κ3) is 5.68. The van der Waals surface area contributed by atoms with Gasteiger partial charge in [0, 0.05) is 31.2 Å². The molecule has 39 heavy (non-hydrogen) atoms. The summed E-state index contributed by atoms with van der Waals surface area (Å²) < 4.78 is 8.69. The molecule has 2 fully saturated rings. The van der Waals surface area contributed by atoms with Gasteiger partial charge in [-0.25, -0.2) is 4.98 Å². The fraction of sp³-hybridized carbons (Fsp3) is 0.333. The standard InChI is InChI=1S/C33H36N4O2/c38-33(36-20-19-34-22-28(36)21-25-11-4-1-5-12-25)31-32(27-15-8-3-9-16-27)37(24-35-31)29-17-10-18-30(29)39-23-26-13-6-2-7-14-26/h1-9,11-16,24,28-30,34H,10,17-23H2/t28-,29-,30-/m1/s1. The van der Waals surface area contributed by atoms with Crippen molar-refractivity contribution in [3.05, 3.63) is 114 Å². The molecule has 1 saturated carbocycles. The molecule has 1 amide bonds. The van der Waals surface area contributed by atoms with E-state index < -0.39 is 0 Å². The summed E-state index contributed by atoms with van der Waals surface area (Å²) in [6, 6.07) is 31.2. The van der Waals surface area contributed by atoms with Crippen LogP contribution in [0.5, 0.6) is 0 Å². The molecule has 3 atom stereocenters. The number of hydrogen-bond donors (Lipinski definition) is 1. The third-order valence-corrected chi connectivity index (χ3v) is 8.05. The van der Waals surface area contributed by atoms with Crippen LogP contribution < -0.4 is 5.32 Å². The molecule has 1 saturated heterocycles. The maximum absolute atomic E-state index is 14.2. The number of benzene rings is 3. The van der Waals surface area contributed by atoms with Crippen LogP contribution in [0.2, 0.25) is 0 Å². The van der Waals surface area contributed by atoms with E-state index >= 15 is 0 Å². The highest BCUT2D eigenvalue weighted by Crippen LogP contribution is 2.38. The number of amides is 1. The van der Waals surface area contributed by atoms with Crippen molar-refractivity contribution in [2.45, 2.75) is 50.5 Å². The zero-order valence-corrected chi connectivity index (χ0v) is 22.3. The molecule has 0 unspecified atom stereocenters. The van der Waals surface area contributed by atoms with Crippen molar-refractivity contribution in [2.24, 2.45) is 0 Å². The van der Waals surface area contributed by atoms with E-state index in [9.17, 15) is 4.79 Å². The Morgan fingerprint density at radius 3 is 2.33 bits per heavy atom. The molecule has 1 aliphatic carbocycles. The Labute approximate surface area is 230 Å².